The van der Waals surface area contributed by atoms with E-state index >= 15 is 0 Å². The van der Waals surface area contributed by atoms with Crippen molar-refractivity contribution in [1.29, 1.82) is 0 Å². The SMILES string of the molecule is Cc1ccnc(NC(C(=O)C(C)C)C2CC2)n1. The van der Waals surface area contributed by atoms with Crippen molar-refractivity contribution >= 4 is 11.7 Å². The molecular weight excluding hydrogens is 214 g/mol. The third kappa shape index (κ3) is 3.02. The summed E-state index contributed by atoms with van der Waals surface area (Å²) in [6.45, 7) is 5.80. The second kappa shape index (κ2) is 4.82. The summed E-state index contributed by atoms with van der Waals surface area (Å²) >= 11 is 0. The maximum absolute atomic E-state index is 12.1. The molecule has 1 unspecified atom stereocenters. The average Bonchev–Trinajstić information content (AvgIpc) is 3.09. The lowest BCUT2D eigenvalue weighted by Gasteiger charge is -2.19. The van der Waals surface area contributed by atoms with Crippen LogP contribution >= 0.6 is 0 Å². The van der Waals surface area contributed by atoms with Crippen LogP contribution in [0.5, 0.6) is 0 Å². The number of ketones is 1. The van der Waals surface area contributed by atoms with E-state index < -0.39 is 0 Å². The molecule has 0 saturated heterocycles. The molecule has 1 N–H and O–H groups in total. The van der Waals surface area contributed by atoms with Gasteiger partial charge in [-0.25, -0.2) is 9.97 Å². The van der Waals surface area contributed by atoms with Crippen molar-refractivity contribution in [2.45, 2.75) is 39.7 Å². The lowest BCUT2D eigenvalue weighted by Crippen LogP contribution is -2.35. The maximum atomic E-state index is 12.1. The Bertz CT molecular complexity index is 413. The molecule has 1 aliphatic carbocycles. The number of nitrogens with one attached hydrogen (secondary N) is 1. The van der Waals surface area contributed by atoms with E-state index in [1.54, 1.807) is 6.20 Å². The van der Waals surface area contributed by atoms with Crippen molar-refractivity contribution in [2.75, 3.05) is 5.32 Å². The van der Waals surface area contributed by atoms with E-state index in [9.17, 15) is 4.79 Å². The molecule has 0 aromatic carbocycles. The smallest absolute Gasteiger partial charge is 0.223 e. The molecule has 4 heteroatoms. The quantitative estimate of drug-likeness (QED) is 0.847. The summed E-state index contributed by atoms with van der Waals surface area (Å²) in [6, 6.07) is 1.73. The standard InChI is InChI=1S/C13H19N3O/c1-8(2)12(17)11(10-4-5-10)16-13-14-7-6-9(3)15-13/h6-8,10-11H,4-5H2,1-3H3,(H,14,15,16). The zero-order valence-electron chi connectivity index (χ0n) is 10.6. The van der Waals surface area contributed by atoms with Crippen molar-refractivity contribution in [2.24, 2.45) is 11.8 Å². The van der Waals surface area contributed by atoms with E-state index in [4.69, 9.17) is 0 Å². The summed E-state index contributed by atoms with van der Waals surface area (Å²) < 4.78 is 0. The van der Waals surface area contributed by atoms with Gasteiger partial charge in [-0.1, -0.05) is 13.8 Å². The zero-order chi connectivity index (χ0) is 12.4. The Balaban J connectivity index is 2.10. The highest BCUT2D eigenvalue weighted by molar-refractivity contribution is 5.88. The van der Waals surface area contributed by atoms with E-state index in [1.807, 2.05) is 26.8 Å². The second-order valence-electron chi connectivity index (χ2n) is 5.04. The van der Waals surface area contributed by atoms with Crippen LogP contribution in [0.1, 0.15) is 32.4 Å². The second-order valence-corrected chi connectivity index (χ2v) is 5.04. The minimum absolute atomic E-state index is 0.0536. The van der Waals surface area contributed by atoms with Gasteiger partial charge in [0.05, 0.1) is 6.04 Å². The van der Waals surface area contributed by atoms with Crippen molar-refractivity contribution in [3.63, 3.8) is 0 Å². The van der Waals surface area contributed by atoms with Gasteiger partial charge < -0.3 is 5.32 Å². The van der Waals surface area contributed by atoms with E-state index in [2.05, 4.69) is 15.3 Å². The number of carbonyl (C=O) groups is 1. The van der Waals surface area contributed by atoms with Crippen LogP contribution in [0.4, 0.5) is 5.95 Å². The lowest BCUT2D eigenvalue weighted by molar-refractivity contribution is -0.123. The minimum atomic E-state index is -0.114. The Hall–Kier alpha value is -1.45. The van der Waals surface area contributed by atoms with Crippen molar-refractivity contribution in [3.05, 3.63) is 18.0 Å². The first-order chi connectivity index (χ1) is 8.08. The molecule has 1 aromatic heterocycles. The molecule has 1 heterocycles. The highest BCUT2D eigenvalue weighted by atomic mass is 16.1. The fraction of sp³-hybridized carbons (Fsp3) is 0.615. The predicted octanol–water partition coefficient (Wildman–Crippen LogP) is 2.20. The molecule has 0 bridgehead atoms. The summed E-state index contributed by atoms with van der Waals surface area (Å²) in [7, 11) is 0. The molecule has 1 aliphatic rings. The predicted molar refractivity (Wildman–Crippen MR) is 66.7 cm³/mol. The van der Waals surface area contributed by atoms with Gasteiger partial charge in [0.1, 0.15) is 0 Å². The molecule has 1 atom stereocenters. The van der Waals surface area contributed by atoms with Crippen LogP contribution in [0.15, 0.2) is 12.3 Å². The molecule has 1 aromatic rings. The van der Waals surface area contributed by atoms with Crippen LogP contribution in [0.25, 0.3) is 0 Å². The average molecular weight is 233 g/mol. The number of hydrogen-bond donors (Lipinski definition) is 1. The Morgan fingerprint density at radius 2 is 2.18 bits per heavy atom. The molecule has 17 heavy (non-hydrogen) atoms. The van der Waals surface area contributed by atoms with E-state index in [-0.39, 0.29) is 17.7 Å². The van der Waals surface area contributed by atoms with E-state index in [0.29, 0.717) is 11.9 Å². The monoisotopic (exact) mass is 233 g/mol. The van der Waals surface area contributed by atoms with Gasteiger partial charge in [0.15, 0.2) is 5.78 Å². The molecule has 2 rings (SSSR count). The fourth-order valence-electron chi connectivity index (χ4n) is 1.87. The number of carbonyl (C=O) groups excluding carboxylic acids is 1. The highest BCUT2D eigenvalue weighted by Crippen LogP contribution is 2.35. The first-order valence-corrected chi connectivity index (χ1v) is 6.18. The van der Waals surface area contributed by atoms with Gasteiger partial charge in [-0.05, 0) is 31.7 Å². The van der Waals surface area contributed by atoms with Gasteiger partial charge in [0, 0.05) is 17.8 Å². The third-order valence-corrected chi connectivity index (χ3v) is 3.05. The van der Waals surface area contributed by atoms with Crippen molar-refractivity contribution in [3.8, 4) is 0 Å². The summed E-state index contributed by atoms with van der Waals surface area (Å²) in [5, 5.41) is 3.19. The van der Waals surface area contributed by atoms with Crippen LogP contribution in [0, 0.1) is 18.8 Å². The van der Waals surface area contributed by atoms with Gasteiger partial charge in [0.25, 0.3) is 0 Å². The summed E-state index contributed by atoms with van der Waals surface area (Å²) in [6.07, 6.45) is 3.97. The molecular formula is C13H19N3O. The van der Waals surface area contributed by atoms with Crippen molar-refractivity contribution < 1.29 is 4.79 Å². The van der Waals surface area contributed by atoms with Crippen LogP contribution < -0.4 is 5.32 Å². The molecule has 0 amide bonds. The number of nitrogens with zero attached hydrogens (tertiary/aromatic N) is 2. The molecule has 1 saturated carbocycles. The third-order valence-electron chi connectivity index (χ3n) is 3.05. The van der Waals surface area contributed by atoms with E-state index in [1.165, 1.54) is 0 Å². The highest BCUT2D eigenvalue weighted by Gasteiger charge is 2.37. The summed E-state index contributed by atoms with van der Waals surface area (Å²) in [4.78, 5) is 20.5. The number of rotatable bonds is 5. The van der Waals surface area contributed by atoms with Crippen molar-refractivity contribution in [1.82, 2.24) is 9.97 Å². The molecule has 0 aliphatic heterocycles. The van der Waals surface area contributed by atoms with Gasteiger partial charge in [-0.15, -0.1) is 0 Å². The first kappa shape index (κ1) is 12.0. The van der Waals surface area contributed by atoms with Crippen LogP contribution in [-0.2, 0) is 4.79 Å². The Morgan fingerprint density at radius 1 is 1.47 bits per heavy atom. The van der Waals surface area contributed by atoms with Gasteiger partial charge >= 0.3 is 0 Å². The topological polar surface area (TPSA) is 54.9 Å². The summed E-state index contributed by atoms with van der Waals surface area (Å²) in [5.41, 5.74) is 0.911. The number of anilines is 1. The Kier molecular flexibility index (Phi) is 3.41. The number of Topliss-reactive ketones (excluding diaryl/α,β-unsaturated/α-hetero) is 1. The molecule has 0 spiro atoms. The van der Waals surface area contributed by atoms with E-state index in [0.717, 1.165) is 18.5 Å². The molecule has 4 nitrogen and oxygen atoms in total. The maximum Gasteiger partial charge on any atom is 0.223 e. The van der Waals surface area contributed by atoms with Crippen LogP contribution in [0.2, 0.25) is 0 Å². The molecule has 1 fully saturated rings. The molecule has 92 valence electrons. The van der Waals surface area contributed by atoms with Gasteiger partial charge in [-0.2, -0.15) is 0 Å². The number of hydrogen-bond acceptors (Lipinski definition) is 4. The fourth-order valence-corrected chi connectivity index (χ4v) is 1.87. The largest absolute Gasteiger partial charge is 0.344 e. The number of aromatic nitrogens is 2. The first-order valence-electron chi connectivity index (χ1n) is 6.18. The van der Waals surface area contributed by atoms with Gasteiger partial charge in [0.2, 0.25) is 5.95 Å². The lowest BCUT2D eigenvalue weighted by atomic mass is 9.98. The van der Waals surface area contributed by atoms with Crippen LogP contribution in [0.3, 0.4) is 0 Å². The number of aryl methyl sites for hydroxylation is 1. The Morgan fingerprint density at radius 3 is 2.71 bits per heavy atom. The minimum Gasteiger partial charge on any atom is -0.344 e. The van der Waals surface area contributed by atoms with Gasteiger partial charge in [-0.3, -0.25) is 4.79 Å². The normalized spacial score (nSPS) is 16.9. The molecule has 0 radical (unpaired) electrons. The van der Waals surface area contributed by atoms with Crippen LogP contribution in [-0.4, -0.2) is 21.8 Å². The Labute approximate surface area is 102 Å². The summed E-state index contributed by atoms with van der Waals surface area (Å²) in [5.74, 6) is 1.35. The zero-order valence-corrected chi connectivity index (χ0v) is 10.6.